The standard InChI is InChI=1S/C24H25NO2/c1-19(26)9-16-24(22-8-5-17-25-18-22)27-23-14-12-21(13-15-23)11-10-20-6-3-2-4-7-20/h2-8,10-15,17-19,24,26H,9,16H2,1H3/b11-10+. The van der Waals surface area contributed by atoms with Crippen molar-refractivity contribution in [1.29, 1.82) is 0 Å². The molecule has 0 saturated carbocycles. The SMILES string of the molecule is CC(O)CCC(Oc1ccc(/C=C/c2ccccc2)cc1)c1cccnc1. The maximum Gasteiger partial charge on any atom is 0.125 e. The first-order valence-corrected chi connectivity index (χ1v) is 9.28. The van der Waals surface area contributed by atoms with Gasteiger partial charge in [0.15, 0.2) is 0 Å². The summed E-state index contributed by atoms with van der Waals surface area (Å²) >= 11 is 0. The molecule has 0 aliphatic rings. The van der Waals surface area contributed by atoms with Gasteiger partial charge in [-0.1, -0.05) is 60.7 Å². The molecule has 2 unspecified atom stereocenters. The molecule has 0 saturated heterocycles. The van der Waals surface area contributed by atoms with Gasteiger partial charge in [-0.3, -0.25) is 4.98 Å². The van der Waals surface area contributed by atoms with Crippen LogP contribution in [-0.4, -0.2) is 16.2 Å². The van der Waals surface area contributed by atoms with Gasteiger partial charge in [-0.2, -0.15) is 0 Å². The summed E-state index contributed by atoms with van der Waals surface area (Å²) in [6.45, 7) is 1.80. The fraction of sp³-hybridized carbons (Fsp3) is 0.208. The van der Waals surface area contributed by atoms with Crippen LogP contribution >= 0.6 is 0 Å². The average molecular weight is 359 g/mol. The van der Waals surface area contributed by atoms with Gasteiger partial charge < -0.3 is 9.84 Å². The lowest BCUT2D eigenvalue weighted by Crippen LogP contribution is -2.11. The van der Waals surface area contributed by atoms with Crippen molar-refractivity contribution >= 4 is 12.2 Å². The zero-order chi connectivity index (χ0) is 18.9. The molecule has 2 aromatic carbocycles. The molecule has 3 rings (SSSR count). The quantitative estimate of drug-likeness (QED) is 0.538. The normalized spacial score (nSPS) is 13.4. The Morgan fingerprint density at radius 2 is 1.59 bits per heavy atom. The van der Waals surface area contributed by atoms with Crippen LogP contribution in [0.25, 0.3) is 12.2 Å². The lowest BCUT2D eigenvalue weighted by molar-refractivity contribution is 0.137. The Morgan fingerprint density at radius 1 is 0.889 bits per heavy atom. The molecule has 138 valence electrons. The van der Waals surface area contributed by atoms with Crippen molar-refractivity contribution in [2.45, 2.75) is 32.0 Å². The van der Waals surface area contributed by atoms with E-state index in [1.54, 1.807) is 13.1 Å². The monoisotopic (exact) mass is 359 g/mol. The van der Waals surface area contributed by atoms with Gasteiger partial charge >= 0.3 is 0 Å². The van der Waals surface area contributed by atoms with E-state index in [0.717, 1.165) is 23.3 Å². The van der Waals surface area contributed by atoms with Crippen LogP contribution in [0.5, 0.6) is 5.75 Å². The summed E-state index contributed by atoms with van der Waals surface area (Å²) in [5, 5.41) is 9.62. The Labute approximate surface area is 161 Å². The highest BCUT2D eigenvalue weighted by Crippen LogP contribution is 2.26. The smallest absolute Gasteiger partial charge is 0.125 e. The second-order valence-electron chi connectivity index (χ2n) is 6.63. The van der Waals surface area contributed by atoms with Crippen LogP contribution in [0.1, 0.15) is 42.6 Å². The van der Waals surface area contributed by atoms with Crippen molar-refractivity contribution in [3.63, 3.8) is 0 Å². The summed E-state index contributed by atoms with van der Waals surface area (Å²) in [6, 6.07) is 22.2. The number of hydrogen-bond donors (Lipinski definition) is 1. The highest BCUT2D eigenvalue weighted by Gasteiger charge is 2.15. The third kappa shape index (κ3) is 6.08. The molecule has 1 heterocycles. The van der Waals surface area contributed by atoms with Gasteiger partial charge in [0.1, 0.15) is 11.9 Å². The number of nitrogens with zero attached hydrogens (tertiary/aromatic N) is 1. The first kappa shape index (κ1) is 18.9. The van der Waals surface area contributed by atoms with Crippen LogP contribution in [0.4, 0.5) is 0 Å². The van der Waals surface area contributed by atoms with E-state index in [0.29, 0.717) is 6.42 Å². The Balaban J connectivity index is 1.68. The maximum atomic E-state index is 9.62. The van der Waals surface area contributed by atoms with Gasteiger partial charge in [0, 0.05) is 18.0 Å². The molecule has 1 aromatic heterocycles. The fourth-order valence-electron chi connectivity index (χ4n) is 2.83. The number of aromatic nitrogens is 1. The second kappa shape index (κ2) is 9.70. The first-order chi connectivity index (χ1) is 13.2. The van der Waals surface area contributed by atoms with Crippen LogP contribution in [-0.2, 0) is 0 Å². The molecule has 1 N–H and O–H groups in total. The zero-order valence-corrected chi connectivity index (χ0v) is 15.5. The van der Waals surface area contributed by atoms with E-state index < -0.39 is 0 Å². The Kier molecular flexibility index (Phi) is 6.78. The number of benzene rings is 2. The molecular formula is C24H25NO2. The maximum absolute atomic E-state index is 9.62. The summed E-state index contributed by atoms with van der Waals surface area (Å²) < 4.78 is 6.19. The molecule has 0 fully saturated rings. The van der Waals surface area contributed by atoms with E-state index in [9.17, 15) is 5.11 Å². The van der Waals surface area contributed by atoms with E-state index in [2.05, 4.69) is 29.3 Å². The Hall–Kier alpha value is -2.91. The molecule has 0 bridgehead atoms. The lowest BCUT2D eigenvalue weighted by Gasteiger charge is -2.20. The Bertz CT molecular complexity index is 827. The van der Waals surface area contributed by atoms with Crippen molar-refractivity contribution in [1.82, 2.24) is 4.98 Å². The molecule has 0 radical (unpaired) electrons. The number of hydrogen-bond acceptors (Lipinski definition) is 3. The first-order valence-electron chi connectivity index (χ1n) is 9.28. The highest BCUT2D eigenvalue weighted by molar-refractivity contribution is 5.69. The van der Waals surface area contributed by atoms with E-state index in [1.165, 1.54) is 5.56 Å². The van der Waals surface area contributed by atoms with E-state index in [4.69, 9.17) is 4.74 Å². The van der Waals surface area contributed by atoms with Gasteiger partial charge in [0.2, 0.25) is 0 Å². The largest absolute Gasteiger partial charge is 0.486 e. The van der Waals surface area contributed by atoms with Gasteiger partial charge in [-0.05, 0) is 49.1 Å². The topological polar surface area (TPSA) is 42.4 Å². The summed E-state index contributed by atoms with van der Waals surface area (Å²) in [4.78, 5) is 4.19. The minimum Gasteiger partial charge on any atom is -0.486 e. The van der Waals surface area contributed by atoms with Crippen LogP contribution < -0.4 is 4.74 Å². The summed E-state index contributed by atoms with van der Waals surface area (Å²) in [7, 11) is 0. The van der Waals surface area contributed by atoms with Crippen molar-refractivity contribution < 1.29 is 9.84 Å². The highest BCUT2D eigenvalue weighted by atomic mass is 16.5. The fourth-order valence-corrected chi connectivity index (χ4v) is 2.83. The minimum absolute atomic E-state index is 0.126. The lowest BCUT2D eigenvalue weighted by atomic mass is 10.0. The van der Waals surface area contributed by atoms with Gasteiger partial charge in [0.05, 0.1) is 6.10 Å². The minimum atomic E-state index is -0.349. The van der Waals surface area contributed by atoms with Crippen LogP contribution in [0.15, 0.2) is 79.1 Å². The number of pyridine rings is 1. The van der Waals surface area contributed by atoms with Gasteiger partial charge in [0.25, 0.3) is 0 Å². The molecule has 3 nitrogen and oxygen atoms in total. The van der Waals surface area contributed by atoms with Gasteiger partial charge in [-0.25, -0.2) is 0 Å². The predicted molar refractivity (Wildman–Crippen MR) is 110 cm³/mol. The molecule has 2 atom stereocenters. The number of aliphatic hydroxyl groups excluding tert-OH is 1. The van der Waals surface area contributed by atoms with E-state index in [-0.39, 0.29) is 12.2 Å². The predicted octanol–water partition coefficient (Wildman–Crippen LogP) is 5.53. The van der Waals surface area contributed by atoms with Crippen LogP contribution in [0.3, 0.4) is 0 Å². The van der Waals surface area contributed by atoms with Crippen molar-refractivity contribution in [3.8, 4) is 5.75 Å². The van der Waals surface area contributed by atoms with E-state index >= 15 is 0 Å². The molecule has 0 amide bonds. The molecule has 0 spiro atoms. The molecule has 0 aliphatic carbocycles. The number of ether oxygens (including phenoxy) is 1. The molecule has 3 aromatic rings. The summed E-state index contributed by atoms with van der Waals surface area (Å²) in [5.41, 5.74) is 3.31. The second-order valence-corrected chi connectivity index (χ2v) is 6.63. The number of aliphatic hydroxyl groups is 1. The van der Waals surface area contributed by atoms with Crippen LogP contribution in [0.2, 0.25) is 0 Å². The summed E-state index contributed by atoms with van der Waals surface area (Å²) in [6.07, 6.45) is 8.70. The van der Waals surface area contributed by atoms with Crippen molar-refractivity contribution in [3.05, 3.63) is 95.8 Å². The zero-order valence-electron chi connectivity index (χ0n) is 15.5. The summed E-state index contributed by atoms with van der Waals surface area (Å²) in [5.74, 6) is 0.811. The molecule has 0 aliphatic heterocycles. The molecular weight excluding hydrogens is 334 g/mol. The van der Waals surface area contributed by atoms with Crippen LogP contribution in [0, 0.1) is 0 Å². The van der Waals surface area contributed by atoms with Gasteiger partial charge in [-0.15, -0.1) is 0 Å². The average Bonchev–Trinajstić information content (AvgIpc) is 2.72. The third-order valence-electron chi connectivity index (χ3n) is 4.33. The third-order valence-corrected chi connectivity index (χ3v) is 4.33. The molecule has 27 heavy (non-hydrogen) atoms. The van der Waals surface area contributed by atoms with Crippen molar-refractivity contribution in [2.75, 3.05) is 0 Å². The van der Waals surface area contributed by atoms with Crippen molar-refractivity contribution in [2.24, 2.45) is 0 Å². The molecule has 3 heteroatoms. The Morgan fingerprint density at radius 3 is 2.22 bits per heavy atom. The van der Waals surface area contributed by atoms with E-state index in [1.807, 2.05) is 60.8 Å². The number of rotatable bonds is 8.